The number of pyridine rings is 1. The van der Waals surface area contributed by atoms with E-state index in [-0.39, 0.29) is 23.1 Å². The quantitative estimate of drug-likeness (QED) is 0.636. The normalized spacial score (nSPS) is 19.1. The number of carbonyl (C=O) groups is 3. The maximum atomic E-state index is 12.5. The molecule has 33 heavy (non-hydrogen) atoms. The molecule has 10 heteroatoms. The van der Waals surface area contributed by atoms with Crippen molar-refractivity contribution in [1.29, 1.82) is 0 Å². The number of piperazine rings is 1. The van der Waals surface area contributed by atoms with Crippen molar-refractivity contribution in [2.24, 2.45) is 12.5 Å². The molecule has 0 unspecified atom stereocenters. The van der Waals surface area contributed by atoms with Crippen LogP contribution in [0.5, 0.6) is 5.88 Å². The number of anilines is 1. The Morgan fingerprint density at radius 2 is 1.76 bits per heavy atom. The molecule has 2 saturated heterocycles. The Hall–Kier alpha value is -3.27. The van der Waals surface area contributed by atoms with Gasteiger partial charge in [0.05, 0.1) is 23.9 Å². The first-order chi connectivity index (χ1) is 15.7. The van der Waals surface area contributed by atoms with Gasteiger partial charge in [0.1, 0.15) is 0 Å². The minimum Gasteiger partial charge on any atom is -0.391 e. The summed E-state index contributed by atoms with van der Waals surface area (Å²) in [7, 11) is 1.95. The lowest BCUT2D eigenvalue weighted by atomic mass is 9.81. The van der Waals surface area contributed by atoms with Gasteiger partial charge in [0.2, 0.25) is 17.7 Å². The predicted molar refractivity (Wildman–Crippen MR) is 121 cm³/mol. The van der Waals surface area contributed by atoms with Gasteiger partial charge in [0.25, 0.3) is 0 Å². The number of piperidine rings is 1. The van der Waals surface area contributed by atoms with Crippen LogP contribution in [0.2, 0.25) is 0 Å². The Morgan fingerprint density at radius 1 is 1.06 bits per heavy atom. The third-order valence-electron chi connectivity index (χ3n) is 6.00. The van der Waals surface area contributed by atoms with Gasteiger partial charge in [-0.05, 0) is 11.5 Å². The van der Waals surface area contributed by atoms with Gasteiger partial charge in [0, 0.05) is 71.3 Å². The number of carbonyl (C=O) groups excluding carboxylic acids is 3. The van der Waals surface area contributed by atoms with Crippen LogP contribution in [-0.4, -0.2) is 75.0 Å². The average molecular weight is 455 g/mol. The van der Waals surface area contributed by atoms with E-state index in [0.29, 0.717) is 31.6 Å². The molecular formula is C23H30N6O4. The van der Waals surface area contributed by atoms with Gasteiger partial charge in [-0.3, -0.25) is 14.5 Å². The summed E-state index contributed by atoms with van der Waals surface area (Å²) in [6.45, 7) is 7.39. The molecule has 4 heterocycles. The number of hydrogen-bond donors (Lipinski definition) is 0. The van der Waals surface area contributed by atoms with Crippen molar-refractivity contribution in [2.75, 3.05) is 37.6 Å². The lowest BCUT2D eigenvalue weighted by Crippen LogP contribution is -2.50. The third kappa shape index (κ3) is 5.57. The number of rotatable bonds is 5. The number of ether oxygens (including phenoxy) is 1. The molecule has 4 rings (SSSR count). The zero-order chi connectivity index (χ0) is 23.6. The third-order valence-corrected chi connectivity index (χ3v) is 6.00. The zero-order valence-electron chi connectivity index (χ0n) is 19.4. The van der Waals surface area contributed by atoms with Crippen molar-refractivity contribution < 1.29 is 19.1 Å². The van der Waals surface area contributed by atoms with Crippen LogP contribution in [-0.2, 0) is 23.1 Å². The summed E-state index contributed by atoms with van der Waals surface area (Å²) in [5.74, 6) is -0.356. The molecule has 2 fully saturated rings. The fourth-order valence-corrected chi connectivity index (χ4v) is 4.21. The summed E-state index contributed by atoms with van der Waals surface area (Å²) >= 11 is 0. The first kappa shape index (κ1) is 22.9. The second-order valence-corrected chi connectivity index (χ2v) is 9.47. The molecule has 0 aromatic carbocycles. The number of nitrogens with zero attached hydrogens (tertiary/aromatic N) is 6. The van der Waals surface area contributed by atoms with Gasteiger partial charge < -0.3 is 14.2 Å². The first-order valence-corrected chi connectivity index (χ1v) is 11.2. The van der Waals surface area contributed by atoms with Crippen molar-refractivity contribution in [3.8, 4) is 5.88 Å². The minimum absolute atomic E-state index is 0.138. The molecule has 0 aliphatic carbocycles. The van der Waals surface area contributed by atoms with E-state index in [1.165, 1.54) is 12.3 Å². The Morgan fingerprint density at radius 3 is 2.33 bits per heavy atom. The second-order valence-electron chi connectivity index (χ2n) is 9.47. The SMILES string of the molecule is Cn1cnc(CCN2CCN(C(=O)Oc3ccc(N4C(=O)CC(C)(C)CC4=O)cn3)CC2)c1. The highest BCUT2D eigenvalue weighted by molar-refractivity contribution is 6.16. The van der Waals surface area contributed by atoms with Crippen LogP contribution in [0.25, 0.3) is 0 Å². The Bertz CT molecular complexity index is 1000. The molecule has 3 amide bonds. The molecule has 10 nitrogen and oxygen atoms in total. The lowest BCUT2D eigenvalue weighted by Gasteiger charge is -2.34. The molecule has 0 bridgehead atoms. The van der Waals surface area contributed by atoms with Crippen LogP contribution in [0.4, 0.5) is 10.5 Å². The predicted octanol–water partition coefficient (Wildman–Crippen LogP) is 1.85. The smallest absolute Gasteiger partial charge is 0.391 e. The number of aryl methyl sites for hydroxylation is 1. The van der Waals surface area contributed by atoms with E-state index in [9.17, 15) is 14.4 Å². The molecule has 176 valence electrons. The van der Waals surface area contributed by atoms with Crippen LogP contribution in [0.15, 0.2) is 30.9 Å². The van der Waals surface area contributed by atoms with E-state index in [0.717, 1.165) is 36.6 Å². The van der Waals surface area contributed by atoms with E-state index in [1.807, 2.05) is 31.7 Å². The summed E-state index contributed by atoms with van der Waals surface area (Å²) in [5.41, 5.74) is 1.11. The number of amides is 3. The van der Waals surface area contributed by atoms with Crippen LogP contribution in [0, 0.1) is 5.41 Å². The van der Waals surface area contributed by atoms with Crippen LogP contribution in [0.1, 0.15) is 32.4 Å². The highest BCUT2D eigenvalue weighted by Crippen LogP contribution is 2.34. The second kappa shape index (κ2) is 9.30. The first-order valence-electron chi connectivity index (χ1n) is 11.2. The molecular weight excluding hydrogens is 424 g/mol. The largest absolute Gasteiger partial charge is 0.416 e. The zero-order valence-corrected chi connectivity index (χ0v) is 19.4. The minimum atomic E-state index is -0.452. The number of imide groups is 1. The maximum absolute atomic E-state index is 12.5. The Labute approximate surface area is 193 Å². The highest BCUT2D eigenvalue weighted by atomic mass is 16.6. The summed E-state index contributed by atoms with van der Waals surface area (Å²) in [5, 5.41) is 0. The maximum Gasteiger partial charge on any atom is 0.416 e. The van der Waals surface area contributed by atoms with Crippen LogP contribution >= 0.6 is 0 Å². The summed E-state index contributed by atoms with van der Waals surface area (Å²) in [4.78, 5) is 51.0. The van der Waals surface area contributed by atoms with Gasteiger partial charge in [0.15, 0.2) is 0 Å². The van der Waals surface area contributed by atoms with Crippen LogP contribution < -0.4 is 9.64 Å². The monoisotopic (exact) mass is 454 g/mol. The number of hydrogen-bond acceptors (Lipinski definition) is 7. The molecule has 2 aromatic heterocycles. The summed E-state index contributed by atoms with van der Waals surface area (Å²) < 4.78 is 7.34. The molecule has 2 aliphatic rings. The van der Waals surface area contributed by atoms with E-state index in [2.05, 4.69) is 14.9 Å². The van der Waals surface area contributed by atoms with Crippen molar-refractivity contribution in [1.82, 2.24) is 24.3 Å². The standard InChI is InChI=1S/C23H30N6O4/c1-23(2)12-20(30)29(21(31)13-23)18-4-5-19(24-14-18)33-22(32)28-10-8-27(9-11-28)7-6-17-15-26(3)16-25-17/h4-5,14-16H,6-13H2,1-3H3. The average Bonchev–Trinajstić information content (AvgIpc) is 3.17. The van der Waals surface area contributed by atoms with Gasteiger partial charge in [-0.15, -0.1) is 0 Å². The fourth-order valence-electron chi connectivity index (χ4n) is 4.21. The van der Waals surface area contributed by atoms with Gasteiger partial charge in [-0.25, -0.2) is 19.7 Å². The molecule has 0 saturated carbocycles. The summed E-state index contributed by atoms with van der Waals surface area (Å²) in [6.07, 6.45) is 6.22. The molecule has 0 radical (unpaired) electrons. The Balaban J connectivity index is 1.26. The number of imidazole rings is 1. The van der Waals surface area contributed by atoms with Crippen molar-refractivity contribution >= 4 is 23.6 Å². The molecule has 2 aliphatic heterocycles. The lowest BCUT2D eigenvalue weighted by molar-refractivity contribution is -0.132. The van der Waals surface area contributed by atoms with Crippen LogP contribution in [0.3, 0.4) is 0 Å². The summed E-state index contributed by atoms with van der Waals surface area (Å²) in [6, 6.07) is 3.09. The van der Waals surface area contributed by atoms with E-state index < -0.39 is 6.09 Å². The van der Waals surface area contributed by atoms with Crippen molar-refractivity contribution in [2.45, 2.75) is 33.1 Å². The van der Waals surface area contributed by atoms with Crippen molar-refractivity contribution in [3.05, 3.63) is 36.5 Å². The molecule has 0 N–H and O–H groups in total. The Kier molecular flexibility index (Phi) is 6.46. The van der Waals surface area contributed by atoms with E-state index in [4.69, 9.17) is 4.74 Å². The topological polar surface area (TPSA) is 101 Å². The molecule has 0 atom stereocenters. The van der Waals surface area contributed by atoms with Crippen molar-refractivity contribution in [3.63, 3.8) is 0 Å². The molecule has 2 aromatic rings. The van der Waals surface area contributed by atoms with E-state index >= 15 is 0 Å². The van der Waals surface area contributed by atoms with Gasteiger partial charge >= 0.3 is 6.09 Å². The van der Waals surface area contributed by atoms with Gasteiger partial charge in [-0.2, -0.15) is 0 Å². The highest BCUT2D eigenvalue weighted by Gasteiger charge is 2.38. The number of aromatic nitrogens is 3. The van der Waals surface area contributed by atoms with Gasteiger partial charge in [-0.1, -0.05) is 13.8 Å². The van der Waals surface area contributed by atoms with E-state index in [1.54, 1.807) is 17.3 Å². The fraction of sp³-hybridized carbons (Fsp3) is 0.522. The molecule has 0 spiro atoms.